The number of hydrogen-bond donors (Lipinski definition) is 1. The van der Waals surface area contributed by atoms with Crippen molar-refractivity contribution in [2.24, 2.45) is 0 Å². The SMILES string of the molecule is O=C(NC=C1CCCCC1)N1CCN(C(=O)c2ccco2)CC1. The molecule has 0 spiro atoms. The van der Waals surface area contributed by atoms with Crippen LogP contribution >= 0.6 is 0 Å². The quantitative estimate of drug-likeness (QED) is 0.912. The molecule has 6 heteroatoms. The average molecular weight is 317 g/mol. The van der Waals surface area contributed by atoms with Gasteiger partial charge in [-0.05, 0) is 37.8 Å². The second kappa shape index (κ2) is 7.35. The molecule has 23 heavy (non-hydrogen) atoms. The number of urea groups is 1. The molecule has 0 radical (unpaired) electrons. The largest absolute Gasteiger partial charge is 0.459 e. The van der Waals surface area contributed by atoms with Crippen molar-refractivity contribution in [3.63, 3.8) is 0 Å². The van der Waals surface area contributed by atoms with Crippen molar-refractivity contribution in [1.82, 2.24) is 15.1 Å². The van der Waals surface area contributed by atoms with Gasteiger partial charge in [-0.1, -0.05) is 12.0 Å². The number of hydrogen-bond acceptors (Lipinski definition) is 3. The van der Waals surface area contributed by atoms with E-state index in [2.05, 4.69) is 5.32 Å². The lowest BCUT2D eigenvalue weighted by Crippen LogP contribution is -2.52. The maximum absolute atomic E-state index is 12.2. The summed E-state index contributed by atoms with van der Waals surface area (Å²) in [4.78, 5) is 27.8. The van der Waals surface area contributed by atoms with Gasteiger partial charge in [-0.2, -0.15) is 0 Å². The molecule has 3 amide bonds. The van der Waals surface area contributed by atoms with Crippen molar-refractivity contribution in [3.8, 4) is 0 Å². The molecule has 1 aliphatic heterocycles. The van der Waals surface area contributed by atoms with Gasteiger partial charge in [-0.25, -0.2) is 4.79 Å². The zero-order valence-electron chi connectivity index (χ0n) is 13.3. The number of furan rings is 1. The summed E-state index contributed by atoms with van der Waals surface area (Å²) < 4.78 is 5.14. The first kappa shape index (κ1) is 15.6. The predicted octanol–water partition coefficient (Wildman–Crippen LogP) is 2.60. The normalized spacial score (nSPS) is 18.7. The van der Waals surface area contributed by atoms with Gasteiger partial charge in [0.1, 0.15) is 0 Å². The topological polar surface area (TPSA) is 65.8 Å². The fraction of sp³-hybridized carbons (Fsp3) is 0.529. The van der Waals surface area contributed by atoms with Crippen LogP contribution in [0.1, 0.15) is 42.7 Å². The van der Waals surface area contributed by atoms with E-state index in [1.807, 2.05) is 6.20 Å². The second-order valence-corrected chi connectivity index (χ2v) is 6.07. The van der Waals surface area contributed by atoms with Crippen LogP contribution in [0.3, 0.4) is 0 Å². The Morgan fingerprint density at radius 2 is 1.74 bits per heavy atom. The van der Waals surface area contributed by atoms with Crippen molar-refractivity contribution in [1.29, 1.82) is 0 Å². The van der Waals surface area contributed by atoms with E-state index in [1.165, 1.54) is 31.1 Å². The number of rotatable bonds is 2. The van der Waals surface area contributed by atoms with Gasteiger partial charge in [0.15, 0.2) is 5.76 Å². The third-order valence-electron chi connectivity index (χ3n) is 4.48. The average Bonchev–Trinajstić information content (AvgIpc) is 3.15. The van der Waals surface area contributed by atoms with Crippen molar-refractivity contribution >= 4 is 11.9 Å². The summed E-state index contributed by atoms with van der Waals surface area (Å²) in [5, 5.41) is 2.90. The van der Waals surface area contributed by atoms with E-state index < -0.39 is 0 Å². The van der Waals surface area contributed by atoms with Crippen LogP contribution in [-0.2, 0) is 0 Å². The predicted molar refractivity (Wildman–Crippen MR) is 85.9 cm³/mol. The Bertz CT molecular complexity index is 564. The van der Waals surface area contributed by atoms with Crippen LogP contribution in [0.15, 0.2) is 34.6 Å². The van der Waals surface area contributed by atoms with E-state index in [0.717, 1.165) is 12.8 Å². The molecule has 1 saturated heterocycles. The highest BCUT2D eigenvalue weighted by Gasteiger charge is 2.25. The minimum absolute atomic E-state index is 0.0758. The van der Waals surface area contributed by atoms with E-state index in [9.17, 15) is 9.59 Å². The molecule has 2 aliphatic rings. The Balaban J connectivity index is 1.46. The Morgan fingerprint density at radius 1 is 1.04 bits per heavy atom. The van der Waals surface area contributed by atoms with Crippen LogP contribution in [-0.4, -0.2) is 47.9 Å². The molecule has 0 aromatic carbocycles. The summed E-state index contributed by atoms with van der Waals surface area (Å²) in [6.45, 7) is 2.15. The zero-order chi connectivity index (χ0) is 16.1. The van der Waals surface area contributed by atoms with Gasteiger partial charge in [0.25, 0.3) is 5.91 Å². The summed E-state index contributed by atoms with van der Waals surface area (Å²) in [5.41, 5.74) is 1.33. The molecule has 124 valence electrons. The number of amides is 3. The van der Waals surface area contributed by atoms with E-state index in [1.54, 1.807) is 21.9 Å². The van der Waals surface area contributed by atoms with Gasteiger partial charge in [0, 0.05) is 32.4 Å². The third-order valence-corrected chi connectivity index (χ3v) is 4.48. The smallest absolute Gasteiger partial charge is 0.321 e. The van der Waals surface area contributed by atoms with Gasteiger partial charge >= 0.3 is 6.03 Å². The monoisotopic (exact) mass is 317 g/mol. The molecule has 6 nitrogen and oxygen atoms in total. The maximum Gasteiger partial charge on any atom is 0.321 e. The second-order valence-electron chi connectivity index (χ2n) is 6.07. The lowest BCUT2D eigenvalue weighted by Gasteiger charge is -2.34. The summed E-state index contributed by atoms with van der Waals surface area (Å²) in [5.74, 6) is 0.240. The third kappa shape index (κ3) is 3.94. The highest BCUT2D eigenvalue weighted by Crippen LogP contribution is 2.21. The summed E-state index contributed by atoms with van der Waals surface area (Å²) in [7, 11) is 0. The standard InChI is InChI=1S/C17H23N3O3/c21-16(15-7-4-12-23-15)19-8-10-20(11-9-19)17(22)18-13-14-5-2-1-3-6-14/h4,7,12-13H,1-3,5-6,8-11H2,(H,18,22). The molecule has 1 N–H and O–H groups in total. The molecule has 1 aromatic rings. The van der Waals surface area contributed by atoms with E-state index >= 15 is 0 Å². The van der Waals surface area contributed by atoms with Crippen LogP contribution in [0.4, 0.5) is 4.79 Å². The van der Waals surface area contributed by atoms with Crippen LogP contribution in [0.25, 0.3) is 0 Å². The van der Waals surface area contributed by atoms with Crippen LogP contribution in [0.5, 0.6) is 0 Å². The van der Waals surface area contributed by atoms with Gasteiger partial charge in [0.2, 0.25) is 0 Å². The fourth-order valence-electron chi connectivity index (χ4n) is 3.07. The minimum atomic E-state index is -0.112. The van der Waals surface area contributed by atoms with Crippen molar-refractivity contribution in [2.75, 3.05) is 26.2 Å². The first-order valence-corrected chi connectivity index (χ1v) is 8.30. The lowest BCUT2D eigenvalue weighted by atomic mass is 9.96. The van der Waals surface area contributed by atoms with Gasteiger partial charge in [-0.3, -0.25) is 4.79 Å². The summed E-state index contributed by atoms with van der Waals surface area (Å²) in [6, 6.07) is 3.29. The molecule has 1 aromatic heterocycles. The number of piperazine rings is 1. The zero-order valence-corrected chi connectivity index (χ0v) is 13.3. The molecule has 1 saturated carbocycles. The number of nitrogens with zero attached hydrogens (tertiary/aromatic N) is 2. The van der Waals surface area contributed by atoms with Crippen LogP contribution in [0.2, 0.25) is 0 Å². The summed E-state index contributed by atoms with van der Waals surface area (Å²) >= 11 is 0. The molecular weight excluding hydrogens is 294 g/mol. The van der Waals surface area contributed by atoms with Crippen LogP contribution < -0.4 is 5.32 Å². The lowest BCUT2D eigenvalue weighted by molar-refractivity contribution is 0.0635. The molecule has 2 fully saturated rings. The first-order valence-electron chi connectivity index (χ1n) is 8.30. The van der Waals surface area contributed by atoms with E-state index in [-0.39, 0.29) is 11.9 Å². The Kier molecular flexibility index (Phi) is 5.00. The molecule has 0 unspecified atom stereocenters. The maximum atomic E-state index is 12.2. The Hall–Kier alpha value is -2.24. The Labute approximate surface area is 136 Å². The fourth-order valence-corrected chi connectivity index (χ4v) is 3.07. The Morgan fingerprint density at radius 3 is 2.39 bits per heavy atom. The van der Waals surface area contributed by atoms with Crippen LogP contribution in [0, 0.1) is 0 Å². The van der Waals surface area contributed by atoms with Gasteiger partial charge < -0.3 is 19.5 Å². The number of allylic oxidation sites excluding steroid dienone is 1. The summed E-state index contributed by atoms with van der Waals surface area (Å²) in [6.07, 6.45) is 9.27. The molecule has 2 heterocycles. The molecular formula is C17H23N3O3. The van der Waals surface area contributed by atoms with Gasteiger partial charge in [-0.15, -0.1) is 0 Å². The van der Waals surface area contributed by atoms with Crippen molar-refractivity contribution < 1.29 is 14.0 Å². The highest BCUT2D eigenvalue weighted by molar-refractivity contribution is 5.91. The first-order chi connectivity index (χ1) is 11.2. The van der Waals surface area contributed by atoms with Gasteiger partial charge in [0.05, 0.1) is 6.26 Å². The molecule has 0 bridgehead atoms. The molecule has 1 aliphatic carbocycles. The number of carbonyl (C=O) groups is 2. The van der Waals surface area contributed by atoms with E-state index in [0.29, 0.717) is 31.9 Å². The van der Waals surface area contributed by atoms with Crippen molar-refractivity contribution in [3.05, 3.63) is 35.9 Å². The van der Waals surface area contributed by atoms with Crippen molar-refractivity contribution in [2.45, 2.75) is 32.1 Å². The highest BCUT2D eigenvalue weighted by atomic mass is 16.3. The van der Waals surface area contributed by atoms with E-state index in [4.69, 9.17) is 4.42 Å². The molecule has 0 atom stereocenters. The minimum Gasteiger partial charge on any atom is -0.459 e. The number of nitrogens with one attached hydrogen (secondary N) is 1. The molecule has 3 rings (SSSR count). The number of carbonyl (C=O) groups excluding carboxylic acids is 2.